The number of aliphatic hydroxyl groups excluding tert-OH is 1. The van der Waals surface area contributed by atoms with Crippen molar-refractivity contribution in [2.45, 2.75) is 6.10 Å². The Labute approximate surface area is 137 Å². The van der Waals surface area contributed by atoms with E-state index < -0.39 is 6.10 Å². The molecule has 4 heteroatoms. The summed E-state index contributed by atoms with van der Waals surface area (Å²) in [6.45, 7) is 0. The number of furan rings is 1. The van der Waals surface area contributed by atoms with Crippen molar-refractivity contribution >= 4 is 11.0 Å². The molecule has 2 aromatic carbocycles. The van der Waals surface area contributed by atoms with Crippen molar-refractivity contribution in [1.82, 2.24) is 0 Å². The van der Waals surface area contributed by atoms with Crippen molar-refractivity contribution in [2.24, 2.45) is 0 Å². The molecule has 1 unspecified atom stereocenters. The minimum atomic E-state index is -1.20. The zero-order chi connectivity index (χ0) is 16.5. The molecule has 0 fully saturated rings. The van der Waals surface area contributed by atoms with Gasteiger partial charge in [0.25, 0.3) is 0 Å². The maximum atomic E-state index is 13.0. The molecule has 24 heavy (non-hydrogen) atoms. The minimum Gasteiger partial charge on any atom is -0.466 e. The highest BCUT2D eigenvalue weighted by Crippen LogP contribution is 2.32. The SMILES string of the molecule is O=c1c(C(O)c2ccco2)c(-c2ccccc2)oc2ccccc12. The van der Waals surface area contributed by atoms with Crippen LogP contribution in [0.15, 0.2) is 86.6 Å². The van der Waals surface area contributed by atoms with Crippen molar-refractivity contribution in [3.8, 4) is 11.3 Å². The highest BCUT2D eigenvalue weighted by molar-refractivity contribution is 5.80. The van der Waals surface area contributed by atoms with Crippen LogP contribution in [0.25, 0.3) is 22.3 Å². The summed E-state index contributed by atoms with van der Waals surface area (Å²) < 4.78 is 11.3. The van der Waals surface area contributed by atoms with Gasteiger partial charge in [0.05, 0.1) is 17.2 Å². The second kappa shape index (κ2) is 5.83. The zero-order valence-corrected chi connectivity index (χ0v) is 12.7. The first-order chi connectivity index (χ1) is 11.8. The second-order valence-electron chi connectivity index (χ2n) is 5.45. The van der Waals surface area contributed by atoms with Gasteiger partial charge in [-0.25, -0.2) is 0 Å². The van der Waals surface area contributed by atoms with E-state index in [1.165, 1.54) is 6.26 Å². The molecule has 0 saturated carbocycles. The van der Waals surface area contributed by atoms with E-state index >= 15 is 0 Å². The fourth-order valence-corrected chi connectivity index (χ4v) is 2.80. The molecular formula is C20H14O4. The average molecular weight is 318 g/mol. The topological polar surface area (TPSA) is 63.6 Å². The maximum Gasteiger partial charge on any atom is 0.199 e. The van der Waals surface area contributed by atoms with E-state index in [9.17, 15) is 9.90 Å². The van der Waals surface area contributed by atoms with Gasteiger partial charge in [0.2, 0.25) is 0 Å². The summed E-state index contributed by atoms with van der Waals surface area (Å²) in [4.78, 5) is 13.0. The third-order valence-corrected chi connectivity index (χ3v) is 3.96. The van der Waals surface area contributed by atoms with Crippen molar-refractivity contribution in [3.05, 3.63) is 94.5 Å². The predicted octanol–water partition coefficient (Wildman–Crippen LogP) is 4.13. The summed E-state index contributed by atoms with van der Waals surface area (Å²) in [6.07, 6.45) is 0.264. The number of para-hydroxylation sites is 1. The Hall–Kier alpha value is -3.11. The predicted molar refractivity (Wildman–Crippen MR) is 90.7 cm³/mol. The van der Waals surface area contributed by atoms with E-state index in [0.717, 1.165) is 5.56 Å². The zero-order valence-electron chi connectivity index (χ0n) is 12.7. The lowest BCUT2D eigenvalue weighted by Crippen LogP contribution is -2.16. The lowest BCUT2D eigenvalue weighted by Gasteiger charge is -2.13. The Bertz CT molecular complexity index is 1030. The molecule has 2 heterocycles. The molecule has 4 aromatic rings. The van der Waals surface area contributed by atoms with Crippen LogP contribution in [0, 0.1) is 0 Å². The van der Waals surface area contributed by atoms with E-state index in [4.69, 9.17) is 8.83 Å². The van der Waals surface area contributed by atoms with Gasteiger partial charge in [-0.1, -0.05) is 42.5 Å². The van der Waals surface area contributed by atoms with Crippen LogP contribution in [0.2, 0.25) is 0 Å². The molecule has 0 aliphatic rings. The Morgan fingerprint density at radius 2 is 1.62 bits per heavy atom. The van der Waals surface area contributed by atoms with Crippen molar-refractivity contribution < 1.29 is 13.9 Å². The van der Waals surface area contributed by atoms with Gasteiger partial charge in [0.15, 0.2) is 5.43 Å². The molecule has 0 spiro atoms. The second-order valence-corrected chi connectivity index (χ2v) is 5.45. The van der Waals surface area contributed by atoms with Gasteiger partial charge in [-0.2, -0.15) is 0 Å². The number of hydrogen-bond acceptors (Lipinski definition) is 4. The van der Waals surface area contributed by atoms with Gasteiger partial charge in [-0.3, -0.25) is 4.79 Å². The van der Waals surface area contributed by atoms with Crippen molar-refractivity contribution in [1.29, 1.82) is 0 Å². The molecule has 2 aromatic heterocycles. The van der Waals surface area contributed by atoms with Crippen LogP contribution in [0.5, 0.6) is 0 Å². The van der Waals surface area contributed by atoms with Crippen LogP contribution in [0.1, 0.15) is 17.4 Å². The smallest absolute Gasteiger partial charge is 0.199 e. The van der Waals surface area contributed by atoms with E-state index in [-0.39, 0.29) is 11.0 Å². The normalized spacial score (nSPS) is 12.4. The summed E-state index contributed by atoms with van der Waals surface area (Å²) in [5.74, 6) is 0.651. The summed E-state index contributed by atoms with van der Waals surface area (Å²) in [6, 6.07) is 19.6. The molecule has 0 saturated heterocycles. The van der Waals surface area contributed by atoms with E-state index in [2.05, 4.69) is 0 Å². The van der Waals surface area contributed by atoms with E-state index in [1.54, 1.807) is 30.3 Å². The Kier molecular flexibility index (Phi) is 3.52. The van der Waals surface area contributed by atoms with E-state index in [1.807, 2.05) is 36.4 Å². The lowest BCUT2D eigenvalue weighted by molar-refractivity contribution is 0.187. The van der Waals surface area contributed by atoms with Crippen molar-refractivity contribution in [2.75, 3.05) is 0 Å². The first kappa shape index (κ1) is 14.5. The van der Waals surface area contributed by atoms with Crippen LogP contribution in [0.3, 0.4) is 0 Å². The maximum absolute atomic E-state index is 13.0. The Morgan fingerprint density at radius 1 is 0.875 bits per heavy atom. The molecule has 4 rings (SSSR count). The molecule has 4 nitrogen and oxygen atoms in total. The van der Waals surface area contributed by atoms with Crippen LogP contribution in [-0.2, 0) is 0 Å². The Balaban J connectivity index is 2.06. The monoisotopic (exact) mass is 318 g/mol. The number of aliphatic hydroxyl groups is 1. The number of benzene rings is 2. The van der Waals surface area contributed by atoms with Crippen LogP contribution < -0.4 is 5.43 Å². The number of fused-ring (bicyclic) bond motifs is 1. The Morgan fingerprint density at radius 3 is 2.38 bits per heavy atom. The molecule has 0 bridgehead atoms. The highest BCUT2D eigenvalue weighted by atomic mass is 16.4. The average Bonchev–Trinajstić information content (AvgIpc) is 3.17. The van der Waals surface area contributed by atoms with Gasteiger partial charge in [0, 0.05) is 5.56 Å². The molecular weight excluding hydrogens is 304 g/mol. The number of rotatable bonds is 3. The summed E-state index contributed by atoms with van der Waals surface area (Å²) in [5.41, 5.74) is 1.12. The summed E-state index contributed by atoms with van der Waals surface area (Å²) in [5, 5.41) is 11.1. The largest absolute Gasteiger partial charge is 0.466 e. The molecule has 0 aliphatic carbocycles. The first-order valence-electron chi connectivity index (χ1n) is 7.58. The highest BCUT2D eigenvalue weighted by Gasteiger charge is 2.25. The summed E-state index contributed by atoms with van der Waals surface area (Å²) in [7, 11) is 0. The van der Waals surface area contributed by atoms with Crippen LogP contribution in [0.4, 0.5) is 0 Å². The number of hydrogen-bond donors (Lipinski definition) is 1. The van der Waals surface area contributed by atoms with E-state index in [0.29, 0.717) is 22.5 Å². The quantitative estimate of drug-likeness (QED) is 0.617. The van der Waals surface area contributed by atoms with Crippen LogP contribution >= 0.6 is 0 Å². The minimum absolute atomic E-state index is 0.176. The van der Waals surface area contributed by atoms with Gasteiger partial charge >= 0.3 is 0 Å². The third-order valence-electron chi connectivity index (χ3n) is 3.96. The van der Waals surface area contributed by atoms with Crippen molar-refractivity contribution in [3.63, 3.8) is 0 Å². The molecule has 1 N–H and O–H groups in total. The molecule has 118 valence electrons. The molecule has 0 aliphatic heterocycles. The third kappa shape index (κ3) is 2.33. The van der Waals surface area contributed by atoms with Gasteiger partial charge in [-0.05, 0) is 24.3 Å². The standard InChI is InChI=1S/C20H14O4/c21-18-14-9-4-5-10-15(14)24-20(13-7-2-1-3-8-13)17(18)19(22)16-11-6-12-23-16/h1-12,19,22H. The summed E-state index contributed by atoms with van der Waals surface area (Å²) >= 11 is 0. The molecule has 1 atom stereocenters. The lowest BCUT2D eigenvalue weighted by atomic mass is 9.99. The fourth-order valence-electron chi connectivity index (χ4n) is 2.80. The first-order valence-corrected chi connectivity index (χ1v) is 7.58. The van der Waals surface area contributed by atoms with Gasteiger partial charge in [-0.15, -0.1) is 0 Å². The molecule has 0 amide bonds. The van der Waals surface area contributed by atoms with Gasteiger partial charge < -0.3 is 13.9 Å². The fraction of sp³-hybridized carbons (Fsp3) is 0.0500. The molecule has 0 radical (unpaired) electrons. The van der Waals surface area contributed by atoms with Crippen LogP contribution in [-0.4, -0.2) is 5.11 Å². The van der Waals surface area contributed by atoms with Gasteiger partial charge in [0.1, 0.15) is 23.2 Å².